The van der Waals surface area contributed by atoms with Gasteiger partial charge in [0, 0.05) is 11.5 Å². The van der Waals surface area contributed by atoms with E-state index in [1.165, 1.54) is 6.26 Å². The highest BCUT2D eigenvalue weighted by Crippen LogP contribution is 2.30. The molecule has 1 aliphatic rings. The molecule has 0 unspecified atom stereocenters. The van der Waals surface area contributed by atoms with Crippen molar-refractivity contribution in [1.82, 2.24) is 9.88 Å². The molecular formula is C13H20N2O3. The fourth-order valence-electron chi connectivity index (χ4n) is 2.37. The molecule has 0 spiro atoms. The molecule has 1 aromatic heterocycles. The zero-order chi connectivity index (χ0) is 13.3. The second-order valence-corrected chi connectivity index (χ2v) is 5.81. The normalized spacial score (nSPS) is 19.1. The summed E-state index contributed by atoms with van der Waals surface area (Å²) in [7, 11) is 0. The van der Waals surface area contributed by atoms with Crippen LogP contribution in [0.5, 0.6) is 0 Å². The van der Waals surface area contributed by atoms with Crippen LogP contribution in [0.3, 0.4) is 0 Å². The fraction of sp³-hybridized carbons (Fsp3) is 0.692. The SMILES string of the molecule is CC(C)(C)N1CCC(c2nc(C(=O)O)co2)CC1. The summed E-state index contributed by atoms with van der Waals surface area (Å²) in [5.41, 5.74) is 0.191. The highest BCUT2D eigenvalue weighted by Gasteiger charge is 2.30. The highest BCUT2D eigenvalue weighted by atomic mass is 16.4. The topological polar surface area (TPSA) is 66.6 Å². The van der Waals surface area contributed by atoms with E-state index in [2.05, 4.69) is 30.7 Å². The van der Waals surface area contributed by atoms with Crippen LogP contribution in [0.1, 0.15) is 55.9 Å². The van der Waals surface area contributed by atoms with Crippen LogP contribution in [0.25, 0.3) is 0 Å². The van der Waals surface area contributed by atoms with E-state index in [1.807, 2.05) is 0 Å². The first-order valence-electron chi connectivity index (χ1n) is 6.31. The first-order chi connectivity index (χ1) is 8.38. The number of hydrogen-bond acceptors (Lipinski definition) is 4. The minimum atomic E-state index is -1.03. The number of carboxylic acid groups (broad SMARTS) is 1. The zero-order valence-electron chi connectivity index (χ0n) is 11.1. The Labute approximate surface area is 107 Å². The molecular weight excluding hydrogens is 232 g/mol. The Morgan fingerprint density at radius 2 is 2.06 bits per heavy atom. The van der Waals surface area contributed by atoms with Gasteiger partial charge < -0.3 is 9.52 Å². The van der Waals surface area contributed by atoms with Crippen molar-refractivity contribution in [2.24, 2.45) is 0 Å². The molecule has 1 aliphatic heterocycles. The minimum absolute atomic E-state index is 0.00301. The van der Waals surface area contributed by atoms with Crippen molar-refractivity contribution < 1.29 is 14.3 Å². The number of carbonyl (C=O) groups is 1. The van der Waals surface area contributed by atoms with Crippen molar-refractivity contribution in [3.8, 4) is 0 Å². The molecule has 1 fully saturated rings. The van der Waals surface area contributed by atoms with E-state index in [0.29, 0.717) is 5.89 Å². The van der Waals surface area contributed by atoms with E-state index >= 15 is 0 Å². The molecule has 5 heteroatoms. The van der Waals surface area contributed by atoms with Crippen LogP contribution < -0.4 is 0 Å². The van der Waals surface area contributed by atoms with Crippen molar-refractivity contribution in [3.05, 3.63) is 17.8 Å². The Balaban J connectivity index is 1.99. The number of aromatic carboxylic acids is 1. The van der Waals surface area contributed by atoms with Crippen molar-refractivity contribution >= 4 is 5.97 Å². The van der Waals surface area contributed by atoms with Gasteiger partial charge in [0.15, 0.2) is 11.6 Å². The maximum Gasteiger partial charge on any atom is 0.357 e. The number of likely N-dealkylation sites (tertiary alicyclic amines) is 1. The molecule has 0 aliphatic carbocycles. The average molecular weight is 252 g/mol. The summed E-state index contributed by atoms with van der Waals surface area (Å²) in [5, 5.41) is 8.81. The summed E-state index contributed by atoms with van der Waals surface area (Å²) in [6.07, 6.45) is 3.17. The number of aromatic nitrogens is 1. The Hall–Kier alpha value is -1.36. The highest BCUT2D eigenvalue weighted by molar-refractivity contribution is 5.84. The van der Waals surface area contributed by atoms with E-state index in [-0.39, 0.29) is 17.2 Å². The summed E-state index contributed by atoms with van der Waals surface area (Å²) in [6, 6.07) is 0. The van der Waals surface area contributed by atoms with Gasteiger partial charge in [-0.3, -0.25) is 4.90 Å². The molecule has 0 radical (unpaired) electrons. The van der Waals surface area contributed by atoms with E-state index in [4.69, 9.17) is 9.52 Å². The Morgan fingerprint density at radius 1 is 1.44 bits per heavy atom. The van der Waals surface area contributed by atoms with Crippen molar-refractivity contribution in [2.75, 3.05) is 13.1 Å². The van der Waals surface area contributed by atoms with Gasteiger partial charge >= 0.3 is 5.97 Å². The smallest absolute Gasteiger partial charge is 0.357 e. The third kappa shape index (κ3) is 2.72. The van der Waals surface area contributed by atoms with Gasteiger partial charge in [-0.25, -0.2) is 9.78 Å². The molecule has 1 saturated heterocycles. The van der Waals surface area contributed by atoms with E-state index < -0.39 is 5.97 Å². The number of oxazole rings is 1. The molecule has 0 amide bonds. The van der Waals surface area contributed by atoms with Crippen molar-refractivity contribution in [1.29, 1.82) is 0 Å². The monoisotopic (exact) mass is 252 g/mol. The Morgan fingerprint density at radius 3 is 2.50 bits per heavy atom. The lowest BCUT2D eigenvalue weighted by Gasteiger charge is -2.40. The number of rotatable bonds is 2. The molecule has 18 heavy (non-hydrogen) atoms. The van der Waals surface area contributed by atoms with Gasteiger partial charge in [-0.15, -0.1) is 0 Å². The standard InChI is InChI=1S/C13H20N2O3/c1-13(2,3)15-6-4-9(5-7-15)11-14-10(8-18-11)12(16)17/h8-9H,4-7H2,1-3H3,(H,16,17). The van der Waals surface area contributed by atoms with Gasteiger partial charge in [-0.1, -0.05) is 0 Å². The quantitative estimate of drug-likeness (QED) is 0.875. The van der Waals surface area contributed by atoms with E-state index in [0.717, 1.165) is 25.9 Å². The van der Waals surface area contributed by atoms with Crippen LogP contribution in [0.4, 0.5) is 0 Å². The summed E-state index contributed by atoms with van der Waals surface area (Å²) in [4.78, 5) is 17.2. The molecule has 2 heterocycles. The number of nitrogens with zero attached hydrogens (tertiary/aromatic N) is 2. The minimum Gasteiger partial charge on any atom is -0.476 e. The molecule has 0 bridgehead atoms. The van der Waals surface area contributed by atoms with Crippen LogP contribution in [0.15, 0.2) is 10.7 Å². The molecule has 0 saturated carbocycles. The van der Waals surface area contributed by atoms with E-state index in [1.54, 1.807) is 0 Å². The average Bonchev–Trinajstić information content (AvgIpc) is 2.77. The maximum atomic E-state index is 10.7. The van der Waals surface area contributed by atoms with Gasteiger partial charge in [-0.2, -0.15) is 0 Å². The first kappa shape index (κ1) is 13.1. The largest absolute Gasteiger partial charge is 0.476 e. The lowest BCUT2D eigenvalue weighted by molar-refractivity contribution is 0.0690. The molecule has 5 nitrogen and oxygen atoms in total. The number of hydrogen-bond donors (Lipinski definition) is 1. The molecule has 100 valence electrons. The summed E-state index contributed by atoms with van der Waals surface area (Å²) >= 11 is 0. The lowest BCUT2D eigenvalue weighted by atomic mass is 9.93. The van der Waals surface area contributed by atoms with Crippen LogP contribution >= 0.6 is 0 Å². The Kier molecular flexibility index (Phi) is 3.43. The summed E-state index contributed by atoms with van der Waals surface area (Å²) in [5.74, 6) is -0.213. The molecule has 1 N–H and O–H groups in total. The summed E-state index contributed by atoms with van der Waals surface area (Å²) in [6.45, 7) is 8.63. The fourth-order valence-corrected chi connectivity index (χ4v) is 2.37. The predicted molar refractivity (Wildman–Crippen MR) is 66.8 cm³/mol. The third-order valence-corrected chi connectivity index (χ3v) is 3.53. The second-order valence-electron chi connectivity index (χ2n) is 5.81. The first-order valence-corrected chi connectivity index (χ1v) is 6.31. The van der Waals surface area contributed by atoms with Crippen molar-refractivity contribution in [3.63, 3.8) is 0 Å². The lowest BCUT2D eigenvalue weighted by Crippen LogP contribution is -2.45. The second kappa shape index (κ2) is 4.72. The van der Waals surface area contributed by atoms with Gasteiger partial charge in [0.2, 0.25) is 0 Å². The maximum absolute atomic E-state index is 10.7. The van der Waals surface area contributed by atoms with Gasteiger partial charge in [0.05, 0.1) is 0 Å². The van der Waals surface area contributed by atoms with Crippen LogP contribution in [-0.2, 0) is 0 Å². The van der Waals surface area contributed by atoms with Gasteiger partial charge in [-0.05, 0) is 46.7 Å². The molecule has 1 aromatic rings. The third-order valence-electron chi connectivity index (χ3n) is 3.53. The Bertz CT molecular complexity index is 426. The number of piperidine rings is 1. The predicted octanol–water partition coefficient (Wildman–Crippen LogP) is 2.35. The molecule has 0 atom stereocenters. The van der Waals surface area contributed by atoms with Gasteiger partial charge in [0.25, 0.3) is 0 Å². The number of carboxylic acids is 1. The molecule has 0 aromatic carbocycles. The summed E-state index contributed by atoms with van der Waals surface area (Å²) < 4.78 is 5.28. The van der Waals surface area contributed by atoms with Crippen LogP contribution in [-0.4, -0.2) is 39.6 Å². The van der Waals surface area contributed by atoms with Crippen LogP contribution in [0.2, 0.25) is 0 Å². The molecule has 2 rings (SSSR count). The van der Waals surface area contributed by atoms with Crippen LogP contribution in [0, 0.1) is 0 Å². The van der Waals surface area contributed by atoms with Crippen molar-refractivity contribution in [2.45, 2.75) is 45.1 Å². The zero-order valence-corrected chi connectivity index (χ0v) is 11.1. The van der Waals surface area contributed by atoms with E-state index in [9.17, 15) is 4.79 Å². The van der Waals surface area contributed by atoms with Gasteiger partial charge in [0.1, 0.15) is 6.26 Å².